The Morgan fingerprint density at radius 2 is 1.84 bits per heavy atom. The number of oxime groups is 1. The Morgan fingerprint density at radius 3 is 2.63 bits per heavy atom. The van der Waals surface area contributed by atoms with Crippen molar-refractivity contribution in [1.29, 1.82) is 0 Å². The van der Waals surface area contributed by atoms with E-state index in [-0.39, 0.29) is 0 Å². The van der Waals surface area contributed by atoms with Gasteiger partial charge in [0.2, 0.25) is 0 Å². The zero-order valence-corrected chi connectivity index (χ0v) is 10.8. The first-order valence-electron chi connectivity index (χ1n) is 6.61. The van der Waals surface area contributed by atoms with Gasteiger partial charge < -0.3 is 4.84 Å². The largest absolute Gasteiger partial charge is 0.405 e. The summed E-state index contributed by atoms with van der Waals surface area (Å²) in [5, 5.41) is 3.81. The first-order valence-corrected chi connectivity index (χ1v) is 6.61. The number of carbonyl (C=O) groups excluding carboxylic acids is 2. The Balaban J connectivity index is 1.92. The average Bonchev–Trinajstić information content (AvgIpc) is 2.74. The topological polar surface area (TPSA) is 55.7 Å². The molecule has 1 saturated carbocycles. The lowest BCUT2D eigenvalue weighted by Gasteiger charge is -2.10. The second-order valence-corrected chi connectivity index (χ2v) is 4.64. The van der Waals surface area contributed by atoms with Gasteiger partial charge in [0.25, 0.3) is 5.78 Å². The lowest BCUT2D eigenvalue weighted by atomic mass is 9.99. The molecule has 0 amide bonds. The number of nitrogens with zero attached hydrogens (tertiary/aromatic N) is 1. The average molecular weight is 259 g/mol. The van der Waals surface area contributed by atoms with E-state index in [2.05, 4.69) is 5.16 Å². The Bertz CT molecular complexity index is 476. The molecule has 2 rings (SSSR count). The molecule has 0 aromatic rings. The number of carbonyl (C=O) groups is 2. The summed E-state index contributed by atoms with van der Waals surface area (Å²) in [5.74, 6) is -1.51. The Hall–Kier alpha value is -1.97. The van der Waals surface area contributed by atoms with Crippen LogP contribution in [-0.4, -0.2) is 17.5 Å². The van der Waals surface area contributed by atoms with E-state index in [1.807, 2.05) is 18.2 Å². The van der Waals surface area contributed by atoms with E-state index in [9.17, 15) is 9.59 Å². The van der Waals surface area contributed by atoms with Crippen LogP contribution in [0.25, 0.3) is 0 Å². The van der Waals surface area contributed by atoms with Gasteiger partial charge in [-0.25, -0.2) is 4.79 Å². The summed E-state index contributed by atoms with van der Waals surface area (Å²) in [6.07, 6.45) is 14.3. The monoisotopic (exact) mass is 259 g/mol. The summed E-state index contributed by atoms with van der Waals surface area (Å²) in [5.41, 5.74) is 1.31. The maximum Gasteiger partial charge on any atom is 0.405 e. The molecule has 0 N–H and O–H groups in total. The van der Waals surface area contributed by atoms with E-state index in [0.29, 0.717) is 12.0 Å². The van der Waals surface area contributed by atoms with Gasteiger partial charge in [0.15, 0.2) is 0 Å². The number of ketones is 1. The van der Waals surface area contributed by atoms with Crippen molar-refractivity contribution < 1.29 is 14.4 Å². The summed E-state index contributed by atoms with van der Waals surface area (Å²) in [6, 6.07) is 0. The summed E-state index contributed by atoms with van der Waals surface area (Å²) < 4.78 is 0. The van der Waals surface area contributed by atoms with Crippen LogP contribution in [0.4, 0.5) is 0 Å². The summed E-state index contributed by atoms with van der Waals surface area (Å²) in [6.45, 7) is 0. The highest BCUT2D eigenvalue weighted by Gasteiger charge is 2.20. The number of hydrogen-bond donors (Lipinski definition) is 0. The fourth-order valence-corrected chi connectivity index (χ4v) is 2.08. The minimum atomic E-state index is -0.895. The van der Waals surface area contributed by atoms with Crippen LogP contribution in [0.5, 0.6) is 0 Å². The van der Waals surface area contributed by atoms with Crippen molar-refractivity contribution in [2.75, 3.05) is 0 Å². The highest BCUT2D eigenvalue weighted by atomic mass is 16.7. The van der Waals surface area contributed by atoms with E-state index in [1.54, 1.807) is 12.2 Å². The van der Waals surface area contributed by atoms with Gasteiger partial charge in [-0.05, 0) is 32.1 Å². The number of allylic oxidation sites excluding steroid dienone is 5. The van der Waals surface area contributed by atoms with Crippen molar-refractivity contribution in [3.8, 4) is 0 Å². The molecule has 0 aliphatic heterocycles. The van der Waals surface area contributed by atoms with E-state index < -0.39 is 11.8 Å². The normalized spacial score (nSPS) is 18.5. The van der Waals surface area contributed by atoms with E-state index in [4.69, 9.17) is 4.84 Å². The molecular formula is C15H17NO3. The first kappa shape index (κ1) is 13.5. The molecule has 2 aliphatic rings. The molecule has 0 bridgehead atoms. The molecule has 4 heteroatoms. The summed E-state index contributed by atoms with van der Waals surface area (Å²) in [7, 11) is 0. The molecule has 4 nitrogen and oxygen atoms in total. The van der Waals surface area contributed by atoms with Gasteiger partial charge in [0, 0.05) is 5.57 Å². The van der Waals surface area contributed by atoms with Gasteiger partial charge in [-0.15, -0.1) is 0 Å². The molecule has 0 aromatic heterocycles. The molecular weight excluding hydrogens is 242 g/mol. The van der Waals surface area contributed by atoms with Crippen LogP contribution in [0.2, 0.25) is 0 Å². The van der Waals surface area contributed by atoms with Gasteiger partial charge in [-0.3, -0.25) is 4.79 Å². The van der Waals surface area contributed by atoms with Crippen molar-refractivity contribution in [3.05, 3.63) is 36.0 Å². The Kier molecular flexibility index (Phi) is 4.84. The van der Waals surface area contributed by atoms with Gasteiger partial charge in [-0.2, -0.15) is 0 Å². The predicted molar refractivity (Wildman–Crippen MR) is 72.6 cm³/mol. The van der Waals surface area contributed by atoms with Crippen LogP contribution in [-0.2, 0) is 14.4 Å². The highest BCUT2D eigenvalue weighted by molar-refractivity contribution is 6.40. The highest BCUT2D eigenvalue weighted by Crippen LogP contribution is 2.15. The minimum Gasteiger partial charge on any atom is -0.309 e. The van der Waals surface area contributed by atoms with Crippen LogP contribution >= 0.6 is 0 Å². The van der Waals surface area contributed by atoms with E-state index >= 15 is 0 Å². The third-order valence-electron chi connectivity index (χ3n) is 3.16. The van der Waals surface area contributed by atoms with Gasteiger partial charge in [0.1, 0.15) is 0 Å². The van der Waals surface area contributed by atoms with Gasteiger partial charge in [-0.1, -0.05) is 42.0 Å². The Labute approximate surface area is 112 Å². The smallest absolute Gasteiger partial charge is 0.309 e. The summed E-state index contributed by atoms with van der Waals surface area (Å²) >= 11 is 0. The zero-order chi connectivity index (χ0) is 13.5. The quantitative estimate of drug-likeness (QED) is 0.445. The van der Waals surface area contributed by atoms with Crippen LogP contribution in [0.1, 0.15) is 38.5 Å². The Morgan fingerprint density at radius 1 is 1.05 bits per heavy atom. The molecule has 0 radical (unpaired) electrons. The van der Waals surface area contributed by atoms with Crippen molar-refractivity contribution in [2.24, 2.45) is 5.16 Å². The number of hydrogen-bond acceptors (Lipinski definition) is 4. The van der Waals surface area contributed by atoms with Gasteiger partial charge >= 0.3 is 5.97 Å². The standard InChI is InChI=1S/C15H17NO3/c17-14(12-8-4-1-2-5-9-12)15(18)19-16-13-10-6-3-7-11-13/h1-2,4-5,8H,3,6-7,9-11H2. The second kappa shape index (κ2) is 6.83. The van der Waals surface area contributed by atoms with Crippen LogP contribution in [0.15, 0.2) is 41.1 Å². The molecule has 0 unspecified atom stereocenters. The number of Topliss-reactive ketones (excluding diaryl/α,β-unsaturated/α-hetero) is 1. The van der Waals surface area contributed by atoms with Gasteiger partial charge in [0.05, 0.1) is 5.71 Å². The molecule has 2 aliphatic carbocycles. The third-order valence-corrected chi connectivity index (χ3v) is 3.16. The lowest BCUT2D eigenvalue weighted by molar-refractivity contribution is -0.152. The van der Waals surface area contributed by atoms with Crippen molar-refractivity contribution >= 4 is 17.5 Å². The second-order valence-electron chi connectivity index (χ2n) is 4.64. The molecule has 100 valence electrons. The van der Waals surface area contributed by atoms with Crippen LogP contribution in [0, 0.1) is 0 Å². The predicted octanol–water partition coefficient (Wildman–Crippen LogP) is 2.86. The molecule has 1 fully saturated rings. The first-order chi connectivity index (χ1) is 9.27. The minimum absolute atomic E-state index is 0.429. The van der Waals surface area contributed by atoms with E-state index in [0.717, 1.165) is 31.4 Å². The van der Waals surface area contributed by atoms with Crippen LogP contribution < -0.4 is 0 Å². The van der Waals surface area contributed by atoms with Crippen molar-refractivity contribution in [2.45, 2.75) is 38.5 Å². The zero-order valence-electron chi connectivity index (χ0n) is 10.8. The fourth-order valence-electron chi connectivity index (χ4n) is 2.08. The summed E-state index contributed by atoms with van der Waals surface area (Å²) in [4.78, 5) is 28.2. The molecule has 0 aromatic carbocycles. The number of rotatable bonds is 3. The maximum absolute atomic E-state index is 11.8. The third kappa shape index (κ3) is 4.02. The van der Waals surface area contributed by atoms with Crippen molar-refractivity contribution in [3.63, 3.8) is 0 Å². The molecule has 0 saturated heterocycles. The molecule has 0 spiro atoms. The maximum atomic E-state index is 11.8. The molecule has 0 heterocycles. The van der Waals surface area contributed by atoms with Crippen molar-refractivity contribution in [1.82, 2.24) is 0 Å². The van der Waals surface area contributed by atoms with E-state index in [1.165, 1.54) is 6.42 Å². The van der Waals surface area contributed by atoms with Crippen LogP contribution in [0.3, 0.4) is 0 Å². The lowest BCUT2D eigenvalue weighted by Crippen LogP contribution is -2.18. The fraction of sp³-hybridized carbons (Fsp3) is 0.400. The SMILES string of the molecule is O=C(ON=C1CCCCC1)C(=O)C1=CC=CC=CC1. The molecule has 0 atom stereocenters. The molecule has 19 heavy (non-hydrogen) atoms.